The van der Waals surface area contributed by atoms with Crippen LogP contribution in [0.3, 0.4) is 0 Å². The molecule has 2 N–H and O–H groups in total. The number of hydrogen-bond donors (Lipinski definition) is 2. The van der Waals surface area contributed by atoms with Crippen LogP contribution in [0, 0.1) is 0 Å². The average molecular weight is 745 g/mol. The number of esters is 2. The lowest BCUT2D eigenvalue weighted by Crippen LogP contribution is -2.61. The van der Waals surface area contributed by atoms with Crippen molar-refractivity contribution in [3.8, 4) is 0 Å². The van der Waals surface area contributed by atoms with Crippen LogP contribution in [0.2, 0.25) is 0 Å². The molecule has 0 aromatic carbocycles. The number of rotatable bonds is 15. The average Bonchev–Trinajstić information content (AvgIpc) is 3.73. The van der Waals surface area contributed by atoms with E-state index in [4.69, 9.17) is 56.8 Å². The largest absolute Gasteiger partial charge is 0.466 e. The molecule has 0 amide bonds. The molecule has 16 nitrogen and oxygen atoms in total. The Kier molecular flexibility index (Phi) is 12.0. The van der Waals surface area contributed by atoms with Gasteiger partial charge in [0, 0.05) is 12.1 Å². The minimum atomic E-state index is -0.871. The maximum atomic E-state index is 12.8. The summed E-state index contributed by atoms with van der Waals surface area (Å²) < 4.78 is 73.5. The van der Waals surface area contributed by atoms with Gasteiger partial charge in [-0.2, -0.15) is 0 Å². The van der Waals surface area contributed by atoms with E-state index in [0.717, 1.165) is 12.8 Å². The zero-order valence-corrected chi connectivity index (χ0v) is 32.3. The van der Waals surface area contributed by atoms with Crippen molar-refractivity contribution in [3.63, 3.8) is 0 Å². The van der Waals surface area contributed by atoms with Crippen LogP contribution in [0.4, 0.5) is 0 Å². The summed E-state index contributed by atoms with van der Waals surface area (Å²) in [6.07, 6.45) is -3.77. The zero-order chi connectivity index (χ0) is 37.6. The number of carbonyl (C=O) groups excluding carboxylic acids is 2. The molecule has 6 aliphatic heterocycles. The van der Waals surface area contributed by atoms with Gasteiger partial charge in [0.05, 0.1) is 26.1 Å². The SMILES string of the molecule is CCOC(=O)CC(NCCCCNC(CC(=O)OCC)[C@H]1O[C@@H]2OC(C)(C)O[C@@H]2[C@H]2OC(C)(C)O[C@H]21)[C@H]1O[C@@H]2OC(C)(C)O[C@@H]2[C@H]2OC(C)(C)O[C@H]21. The first-order valence-corrected chi connectivity index (χ1v) is 18.9. The van der Waals surface area contributed by atoms with Gasteiger partial charge in [-0.05, 0) is 95.2 Å². The van der Waals surface area contributed by atoms with Crippen molar-refractivity contribution in [1.29, 1.82) is 0 Å². The molecule has 6 rings (SSSR count). The molecule has 0 saturated carbocycles. The molecule has 0 aromatic rings. The Labute approximate surface area is 306 Å². The summed E-state index contributed by atoms with van der Waals surface area (Å²) in [6, 6.07) is -0.911. The first-order valence-electron chi connectivity index (χ1n) is 18.9. The first kappa shape index (κ1) is 40.1. The van der Waals surface area contributed by atoms with E-state index in [0.29, 0.717) is 13.1 Å². The van der Waals surface area contributed by atoms with Crippen LogP contribution < -0.4 is 10.6 Å². The fraction of sp³-hybridized carbons (Fsp3) is 0.944. The van der Waals surface area contributed by atoms with Gasteiger partial charge in [0.15, 0.2) is 35.7 Å². The van der Waals surface area contributed by atoms with Crippen molar-refractivity contribution in [3.05, 3.63) is 0 Å². The molecule has 16 heteroatoms. The van der Waals surface area contributed by atoms with E-state index < -0.39 is 96.6 Å². The van der Waals surface area contributed by atoms with Crippen molar-refractivity contribution in [1.82, 2.24) is 10.6 Å². The third-order valence-electron chi connectivity index (χ3n) is 9.97. The minimum Gasteiger partial charge on any atom is -0.466 e. The Hall–Kier alpha value is -1.54. The van der Waals surface area contributed by atoms with Crippen molar-refractivity contribution in [2.75, 3.05) is 26.3 Å². The fourth-order valence-corrected chi connectivity index (χ4v) is 8.17. The van der Waals surface area contributed by atoms with Crippen molar-refractivity contribution >= 4 is 11.9 Å². The van der Waals surface area contributed by atoms with E-state index in [2.05, 4.69) is 10.6 Å². The Balaban J connectivity index is 1.09. The van der Waals surface area contributed by atoms with Crippen molar-refractivity contribution in [2.45, 2.75) is 192 Å². The number of ether oxygens (including phenoxy) is 12. The minimum absolute atomic E-state index is 0.0672. The van der Waals surface area contributed by atoms with Crippen LogP contribution in [0.1, 0.15) is 94.9 Å². The van der Waals surface area contributed by atoms with Gasteiger partial charge >= 0.3 is 11.9 Å². The van der Waals surface area contributed by atoms with E-state index in [1.807, 2.05) is 55.4 Å². The summed E-state index contributed by atoms with van der Waals surface area (Å²) in [6.45, 7) is 20.0. The molecule has 0 aliphatic carbocycles. The topological polar surface area (TPSA) is 169 Å². The molecule has 52 heavy (non-hydrogen) atoms. The Morgan fingerprint density at radius 2 is 0.846 bits per heavy atom. The monoisotopic (exact) mass is 744 g/mol. The van der Waals surface area contributed by atoms with E-state index >= 15 is 0 Å². The Bertz CT molecular complexity index is 1170. The molecule has 298 valence electrons. The lowest BCUT2D eigenvalue weighted by molar-refractivity contribution is -0.240. The van der Waals surface area contributed by atoms with Gasteiger partial charge in [-0.25, -0.2) is 0 Å². The van der Waals surface area contributed by atoms with Crippen LogP contribution >= 0.6 is 0 Å². The molecular weight excluding hydrogens is 684 g/mol. The van der Waals surface area contributed by atoms with E-state index in [9.17, 15) is 9.59 Å². The Morgan fingerprint density at radius 3 is 1.21 bits per heavy atom. The van der Waals surface area contributed by atoms with Crippen LogP contribution in [-0.2, 0) is 66.4 Å². The van der Waals surface area contributed by atoms with Crippen LogP contribution in [0.15, 0.2) is 0 Å². The second-order valence-corrected chi connectivity index (χ2v) is 16.1. The quantitative estimate of drug-likeness (QED) is 0.185. The molecule has 0 aromatic heterocycles. The summed E-state index contributed by atoms with van der Waals surface area (Å²) in [5.74, 6) is -4.16. The lowest BCUT2D eigenvalue weighted by Gasteiger charge is -2.41. The summed E-state index contributed by atoms with van der Waals surface area (Å²) >= 11 is 0. The van der Waals surface area contributed by atoms with Crippen LogP contribution in [-0.4, -0.2) is 135 Å². The normalized spacial score (nSPS) is 38.8. The predicted octanol–water partition coefficient (Wildman–Crippen LogP) is 2.38. The van der Waals surface area contributed by atoms with Gasteiger partial charge in [0.25, 0.3) is 0 Å². The highest BCUT2D eigenvalue weighted by atomic mass is 16.9. The van der Waals surface area contributed by atoms with Crippen LogP contribution in [0.5, 0.6) is 0 Å². The molecule has 6 aliphatic rings. The molecule has 6 fully saturated rings. The van der Waals surface area contributed by atoms with Gasteiger partial charge in [-0.1, -0.05) is 0 Å². The second-order valence-electron chi connectivity index (χ2n) is 16.1. The lowest BCUT2D eigenvalue weighted by atomic mass is 9.92. The number of nitrogens with one attached hydrogen (secondary N) is 2. The third-order valence-corrected chi connectivity index (χ3v) is 9.97. The molecular formula is C36H60N2O14. The zero-order valence-electron chi connectivity index (χ0n) is 32.3. The van der Waals surface area contributed by atoms with Gasteiger partial charge in [-0.15, -0.1) is 0 Å². The first-order chi connectivity index (χ1) is 24.4. The fourth-order valence-electron chi connectivity index (χ4n) is 8.17. The highest BCUT2D eigenvalue weighted by Gasteiger charge is 2.63. The van der Waals surface area contributed by atoms with E-state index in [1.165, 1.54) is 0 Å². The summed E-state index contributed by atoms with van der Waals surface area (Å²) in [7, 11) is 0. The highest BCUT2D eigenvalue weighted by molar-refractivity contribution is 5.70. The number of unbranched alkanes of at least 4 members (excludes halogenated alkanes) is 1. The van der Waals surface area contributed by atoms with Crippen molar-refractivity contribution in [2.24, 2.45) is 0 Å². The van der Waals surface area contributed by atoms with Gasteiger partial charge < -0.3 is 67.5 Å². The molecule has 0 radical (unpaired) electrons. The molecule has 0 spiro atoms. The summed E-state index contributed by atoms with van der Waals surface area (Å²) in [5.41, 5.74) is 0. The standard InChI is InChI=1S/C36H60N2O14/c1-11-41-21(39)17-19(23-25-27(47-33(3,4)45-25)29-31(43-23)51-35(7,8)49-29)37-15-13-14-16-38-20(18-22(40)42-12-2)24-26-28(48-34(5,6)46-26)30-32(44-24)52-36(9,10)50-30/h19-20,23-32,37-38H,11-18H2,1-10H3/t19?,20?,23-,24-,25+,26+,27+,28+,29-,30-,31-,32-/m1/s1. The van der Waals surface area contributed by atoms with Crippen LogP contribution in [0.25, 0.3) is 0 Å². The molecule has 12 atom stereocenters. The molecule has 2 unspecified atom stereocenters. The maximum Gasteiger partial charge on any atom is 0.307 e. The van der Waals surface area contributed by atoms with E-state index in [1.54, 1.807) is 13.8 Å². The number of carbonyl (C=O) groups is 2. The van der Waals surface area contributed by atoms with Crippen molar-refractivity contribution < 1.29 is 66.4 Å². The highest BCUT2D eigenvalue weighted by Crippen LogP contribution is 2.46. The summed E-state index contributed by atoms with van der Waals surface area (Å²) in [5, 5.41) is 7.08. The van der Waals surface area contributed by atoms with E-state index in [-0.39, 0.29) is 38.0 Å². The number of fused-ring (bicyclic) bond motifs is 6. The van der Waals surface area contributed by atoms with Gasteiger partial charge in [0.1, 0.15) is 48.8 Å². The molecule has 0 bridgehead atoms. The molecule has 6 saturated heterocycles. The summed E-state index contributed by atoms with van der Waals surface area (Å²) in [4.78, 5) is 25.6. The number of hydrogen-bond acceptors (Lipinski definition) is 16. The predicted molar refractivity (Wildman–Crippen MR) is 180 cm³/mol. The second kappa shape index (κ2) is 15.5. The van der Waals surface area contributed by atoms with Gasteiger partial charge in [0.2, 0.25) is 0 Å². The van der Waals surface area contributed by atoms with Gasteiger partial charge in [-0.3, -0.25) is 9.59 Å². The maximum absolute atomic E-state index is 12.8. The third kappa shape index (κ3) is 9.11. The molecule has 6 heterocycles. The Morgan fingerprint density at radius 1 is 0.519 bits per heavy atom. The smallest absolute Gasteiger partial charge is 0.307 e.